The van der Waals surface area contributed by atoms with Crippen molar-refractivity contribution in [1.82, 2.24) is 0 Å². The van der Waals surface area contributed by atoms with Crippen LogP contribution in [0.2, 0.25) is 0 Å². The first-order valence-electron chi connectivity index (χ1n) is 11.7. The Morgan fingerprint density at radius 3 is 2.32 bits per heavy atom. The van der Waals surface area contributed by atoms with Gasteiger partial charge in [0.25, 0.3) is 0 Å². The van der Waals surface area contributed by atoms with Crippen LogP contribution < -0.4 is 15.1 Å². The van der Waals surface area contributed by atoms with Gasteiger partial charge >= 0.3 is 5.63 Å². The van der Waals surface area contributed by atoms with Gasteiger partial charge in [-0.05, 0) is 49.2 Å². The highest BCUT2D eigenvalue weighted by molar-refractivity contribution is 6.19. The zero-order valence-corrected chi connectivity index (χ0v) is 20.8. The highest BCUT2D eigenvalue weighted by Crippen LogP contribution is 2.48. The van der Waals surface area contributed by atoms with Gasteiger partial charge in [0.1, 0.15) is 46.7 Å². The minimum atomic E-state index is -1.90. The van der Waals surface area contributed by atoms with Crippen molar-refractivity contribution in [3.8, 4) is 17.2 Å². The van der Waals surface area contributed by atoms with Gasteiger partial charge in [-0.25, -0.2) is 4.79 Å². The zero-order chi connectivity index (χ0) is 26.8. The number of hydrogen-bond acceptors (Lipinski definition) is 9. The van der Waals surface area contributed by atoms with Gasteiger partial charge in [-0.2, -0.15) is 0 Å². The number of hydrogen-bond donors (Lipinski definition) is 4. The second kappa shape index (κ2) is 8.74. The van der Waals surface area contributed by atoms with Gasteiger partial charge in [0.15, 0.2) is 0 Å². The highest BCUT2D eigenvalue weighted by Gasteiger charge is 2.51. The number of ether oxygens (including phenoxy) is 3. The predicted octanol–water partition coefficient (Wildman–Crippen LogP) is 3.40. The van der Waals surface area contributed by atoms with Crippen molar-refractivity contribution >= 4 is 38.6 Å². The van der Waals surface area contributed by atoms with Crippen molar-refractivity contribution in [3.63, 3.8) is 0 Å². The Hall–Kier alpha value is -3.63. The molecule has 0 aliphatic carbocycles. The van der Waals surface area contributed by atoms with Crippen LogP contribution in [0.15, 0.2) is 46.1 Å². The maximum Gasteiger partial charge on any atom is 0.344 e. The lowest BCUT2D eigenvalue weighted by Gasteiger charge is -2.46. The van der Waals surface area contributed by atoms with Gasteiger partial charge < -0.3 is 39.1 Å². The van der Waals surface area contributed by atoms with Crippen LogP contribution in [0.1, 0.15) is 31.1 Å². The second-order valence-corrected chi connectivity index (χ2v) is 9.50. The Morgan fingerprint density at radius 2 is 1.68 bits per heavy atom. The van der Waals surface area contributed by atoms with Crippen LogP contribution in [0.25, 0.3) is 38.6 Å². The Morgan fingerprint density at radius 1 is 1.00 bits per heavy atom. The topological polar surface area (TPSA) is 139 Å². The molecule has 0 saturated carbocycles. The van der Waals surface area contributed by atoms with E-state index in [0.29, 0.717) is 27.6 Å². The third kappa shape index (κ3) is 3.58. The van der Waals surface area contributed by atoms with E-state index in [1.165, 1.54) is 33.3 Å². The molecular weight excluding hydrogens is 480 g/mol. The minimum Gasteiger partial charge on any atom is -0.507 e. The summed E-state index contributed by atoms with van der Waals surface area (Å²) < 4.78 is 23.1. The monoisotopic (exact) mass is 508 g/mol. The van der Waals surface area contributed by atoms with Crippen molar-refractivity contribution in [3.05, 3.63) is 58.5 Å². The number of fused-ring (bicyclic) bond motifs is 5. The quantitative estimate of drug-likeness (QED) is 0.241. The summed E-state index contributed by atoms with van der Waals surface area (Å²) in [7, 11) is 2.93. The molecule has 1 fully saturated rings. The first-order valence-corrected chi connectivity index (χ1v) is 11.7. The normalized spacial score (nSPS) is 26.0. The summed E-state index contributed by atoms with van der Waals surface area (Å²) in [6, 6.07) is 7.95. The highest BCUT2D eigenvalue weighted by atomic mass is 16.5. The second-order valence-electron chi connectivity index (χ2n) is 9.50. The molecule has 5 rings (SSSR count). The van der Waals surface area contributed by atoms with Gasteiger partial charge in [0.2, 0.25) is 0 Å². The predicted molar refractivity (Wildman–Crippen MR) is 138 cm³/mol. The molecule has 37 heavy (non-hydrogen) atoms. The minimum absolute atomic E-state index is 0.109. The first kappa shape index (κ1) is 25.0. The maximum atomic E-state index is 13.3. The SMILES string of the molecule is C=Cc1cc(OC)c2c(c1)c(=O)oc1c2cc(OC)c2c(O)ccc([C@@H]3OC(C)[C@H](O)[C@](C)(O)C3O)c21. The third-order valence-electron chi connectivity index (χ3n) is 7.29. The fourth-order valence-corrected chi connectivity index (χ4v) is 5.28. The molecule has 9 nitrogen and oxygen atoms in total. The Labute approximate surface area is 211 Å². The molecule has 194 valence electrons. The maximum absolute atomic E-state index is 13.3. The molecule has 1 saturated heterocycles. The molecule has 0 amide bonds. The summed E-state index contributed by atoms with van der Waals surface area (Å²) in [6.07, 6.45) is -3.29. The van der Waals surface area contributed by atoms with E-state index in [0.717, 1.165) is 0 Å². The number of aliphatic hydroxyl groups is 3. The van der Waals surface area contributed by atoms with Crippen LogP contribution in [-0.2, 0) is 4.74 Å². The Kier molecular flexibility index (Phi) is 5.91. The number of rotatable bonds is 4. The molecule has 0 spiro atoms. The van der Waals surface area contributed by atoms with Gasteiger partial charge in [-0.3, -0.25) is 0 Å². The summed E-state index contributed by atoms with van der Waals surface area (Å²) in [6.45, 7) is 6.67. The number of phenolic OH excluding ortho intramolecular Hbond substituents is 1. The number of aromatic hydroxyl groups is 1. The van der Waals surface area contributed by atoms with Crippen molar-refractivity contribution in [2.75, 3.05) is 14.2 Å². The van der Waals surface area contributed by atoms with Crippen molar-refractivity contribution < 1.29 is 39.1 Å². The Bertz CT molecular complexity index is 1620. The lowest BCUT2D eigenvalue weighted by atomic mass is 9.80. The van der Waals surface area contributed by atoms with E-state index in [4.69, 9.17) is 18.6 Å². The third-order valence-corrected chi connectivity index (χ3v) is 7.29. The van der Waals surface area contributed by atoms with Gasteiger partial charge in [-0.15, -0.1) is 0 Å². The molecule has 9 heteroatoms. The Balaban J connectivity index is 1.97. The standard InChI is InChI=1S/C28H28O9/c1-6-13-9-16-20(18(10-13)34-4)15-11-19(35-5)22-17(29)8-7-14(21(22)23(15)37-27(16)32)24-26(31)28(3,33)25(30)12(2)36-24/h6-12,24-26,29-31,33H,1H2,2-5H3/t12?,24-,25-,26?,28-/m0/s1. The average Bonchev–Trinajstić information content (AvgIpc) is 2.89. The van der Waals surface area contributed by atoms with Crippen LogP contribution in [0.3, 0.4) is 0 Å². The molecule has 1 aliphatic rings. The molecule has 4 aromatic rings. The summed E-state index contributed by atoms with van der Waals surface area (Å²) in [4.78, 5) is 13.3. The molecule has 2 unspecified atom stereocenters. The molecule has 0 radical (unpaired) electrons. The van der Waals surface area contributed by atoms with Crippen LogP contribution >= 0.6 is 0 Å². The van der Waals surface area contributed by atoms with Gasteiger partial charge in [-0.1, -0.05) is 18.7 Å². The molecule has 3 aromatic carbocycles. The summed E-state index contributed by atoms with van der Waals surface area (Å²) in [5, 5.41) is 44.9. The number of aliphatic hydroxyl groups excluding tert-OH is 2. The van der Waals surface area contributed by atoms with Crippen LogP contribution in [-0.4, -0.2) is 58.6 Å². The van der Waals surface area contributed by atoms with E-state index < -0.39 is 35.6 Å². The van der Waals surface area contributed by atoms with E-state index in [2.05, 4.69) is 6.58 Å². The van der Waals surface area contributed by atoms with Crippen LogP contribution in [0, 0.1) is 0 Å². The molecular formula is C28H28O9. The molecule has 2 heterocycles. The van der Waals surface area contributed by atoms with E-state index in [9.17, 15) is 25.2 Å². The number of phenols is 1. The van der Waals surface area contributed by atoms with Gasteiger partial charge in [0, 0.05) is 16.2 Å². The summed E-state index contributed by atoms with van der Waals surface area (Å²) in [5.41, 5.74) is -1.45. The van der Waals surface area contributed by atoms with E-state index >= 15 is 0 Å². The largest absolute Gasteiger partial charge is 0.507 e. The molecule has 0 bridgehead atoms. The smallest absolute Gasteiger partial charge is 0.344 e. The molecule has 5 atom stereocenters. The van der Waals surface area contributed by atoms with Crippen molar-refractivity contribution in [1.29, 1.82) is 0 Å². The van der Waals surface area contributed by atoms with E-state index in [1.54, 1.807) is 31.2 Å². The zero-order valence-electron chi connectivity index (χ0n) is 20.8. The van der Waals surface area contributed by atoms with E-state index in [-0.39, 0.29) is 33.2 Å². The van der Waals surface area contributed by atoms with Gasteiger partial charge in [0.05, 0.1) is 31.1 Å². The molecule has 4 N–H and O–H groups in total. The van der Waals surface area contributed by atoms with Crippen molar-refractivity contribution in [2.24, 2.45) is 0 Å². The lowest BCUT2D eigenvalue weighted by Crippen LogP contribution is -2.61. The number of benzene rings is 3. The fourth-order valence-electron chi connectivity index (χ4n) is 5.28. The van der Waals surface area contributed by atoms with E-state index in [1.807, 2.05) is 0 Å². The summed E-state index contributed by atoms with van der Waals surface area (Å²) >= 11 is 0. The van der Waals surface area contributed by atoms with Crippen LogP contribution in [0.5, 0.6) is 17.2 Å². The molecule has 1 aliphatic heterocycles. The average molecular weight is 509 g/mol. The lowest BCUT2D eigenvalue weighted by molar-refractivity contribution is -0.261. The first-order chi connectivity index (χ1) is 17.5. The number of methoxy groups -OCH3 is 2. The van der Waals surface area contributed by atoms with Crippen molar-refractivity contribution in [2.45, 2.75) is 43.9 Å². The summed E-state index contributed by atoms with van der Waals surface area (Å²) in [5.74, 6) is 0.526. The molecule has 1 aromatic heterocycles. The van der Waals surface area contributed by atoms with Crippen LogP contribution in [0.4, 0.5) is 0 Å². The fraction of sp³-hybridized carbons (Fsp3) is 0.321.